The van der Waals surface area contributed by atoms with Crippen molar-refractivity contribution < 1.29 is 19.1 Å². The van der Waals surface area contributed by atoms with E-state index in [0.29, 0.717) is 17.2 Å². The van der Waals surface area contributed by atoms with E-state index in [1.807, 2.05) is 0 Å². The highest BCUT2D eigenvalue weighted by Gasteiger charge is 2.40. The largest absolute Gasteiger partial charge is 0.497 e. The van der Waals surface area contributed by atoms with Gasteiger partial charge in [0.2, 0.25) is 11.8 Å². The lowest BCUT2D eigenvalue weighted by atomic mass is 9.90. The van der Waals surface area contributed by atoms with Crippen molar-refractivity contribution in [2.45, 2.75) is 26.7 Å². The molecule has 6 heteroatoms. The summed E-state index contributed by atoms with van der Waals surface area (Å²) in [6.45, 7) is 4.75. The van der Waals surface area contributed by atoms with Crippen molar-refractivity contribution in [3.8, 4) is 11.5 Å². The molecule has 0 aliphatic carbocycles. The van der Waals surface area contributed by atoms with E-state index in [-0.39, 0.29) is 11.8 Å². The molecule has 0 spiro atoms. The zero-order chi connectivity index (χ0) is 17.0. The fourth-order valence-corrected chi connectivity index (χ4v) is 2.59. The SMILES string of the molecule is COc1ccc(NC(=O)C(C)(C)C(=O)N2CCCC2)c(OC)c1. The highest BCUT2D eigenvalue weighted by molar-refractivity contribution is 6.10. The third kappa shape index (κ3) is 3.57. The minimum Gasteiger partial charge on any atom is -0.497 e. The maximum Gasteiger partial charge on any atom is 0.239 e. The molecule has 0 unspecified atom stereocenters. The molecule has 1 aliphatic heterocycles. The first-order chi connectivity index (χ1) is 10.9. The predicted molar refractivity (Wildman–Crippen MR) is 87.8 cm³/mol. The van der Waals surface area contributed by atoms with Crippen molar-refractivity contribution in [2.24, 2.45) is 5.41 Å². The third-order valence-electron chi connectivity index (χ3n) is 4.15. The van der Waals surface area contributed by atoms with Gasteiger partial charge in [0.1, 0.15) is 16.9 Å². The van der Waals surface area contributed by atoms with Crippen molar-refractivity contribution in [2.75, 3.05) is 32.6 Å². The molecule has 1 fully saturated rings. The van der Waals surface area contributed by atoms with Crippen LogP contribution in [0.15, 0.2) is 18.2 Å². The van der Waals surface area contributed by atoms with Crippen LogP contribution in [-0.4, -0.2) is 44.0 Å². The molecule has 0 atom stereocenters. The molecule has 0 radical (unpaired) electrons. The number of ether oxygens (including phenoxy) is 2. The zero-order valence-electron chi connectivity index (χ0n) is 14.1. The minimum atomic E-state index is -1.13. The summed E-state index contributed by atoms with van der Waals surface area (Å²) in [4.78, 5) is 26.9. The number of rotatable bonds is 5. The van der Waals surface area contributed by atoms with Crippen LogP contribution in [0.2, 0.25) is 0 Å². The monoisotopic (exact) mass is 320 g/mol. The van der Waals surface area contributed by atoms with Gasteiger partial charge in [0.05, 0.1) is 19.9 Å². The van der Waals surface area contributed by atoms with Gasteiger partial charge in [0.15, 0.2) is 0 Å². The maximum atomic E-state index is 12.6. The average molecular weight is 320 g/mol. The summed E-state index contributed by atoms with van der Waals surface area (Å²) in [6.07, 6.45) is 1.99. The van der Waals surface area contributed by atoms with Crippen LogP contribution in [0.4, 0.5) is 5.69 Å². The molecule has 126 valence electrons. The first kappa shape index (κ1) is 17.1. The van der Waals surface area contributed by atoms with Gasteiger partial charge >= 0.3 is 0 Å². The number of nitrogens with zero attached hydrogens (tertiary/aromatic N) is 1. The minimum absolute atomic E-state index is 0.139. The number of carbonyl (C=O) groups excluding carboxylic acids is 2. The Kier molecular flexibility index (Phi) is 5.13. The fraction of sp³-hybridized carbons (Fsp3) is 0.529. The summed E-state index contributed by atoms with van der Waals surface area (Å²) in [5.74, 6) is 0.632. The second-order valence-electron chi connectivity index (χ2n) is 6.14. The van der Waals surface area contributed by atoms with Gasteiger partial charge in [0, 0.05) is 19.2 Å². The molecule has 6 nitrogen and oxygen atoms in total. The molecule has 1 aromatic carbocycles. The fourth-order valence-electron chi connectivity index (χ4n) is 2.59. The zero-order valence-corrected chi connectivity index (χ0v) is 14.1. The molecule has 1 aliphatic rings. The van der Waals surface area contributed by atoms with E-state index in [0.717, 1.165) is 25.9 Å². The van der Waals surface area contributed by atoms with Gasteiger partial charge in [-0.25, -0.2) is 0 Å². The molecule has 2 rings (SSSR count). The number of methoxy groups -OCH3 is 2. The van der Waals surface area contributed by atoms with Crippen molar-refractivity contribution in [1.82, 2.24) is 4.90 Å². The number of carbonyl (C=O) groups is 2. The summed E-state index contributed by atoms with van der Waals surface area (Å²) in [7, 11) is 3.08. The Bertz CT molecular complexity index is 592. The Balaban J connectivity index is 2.15. The van der Waals surface area contributed by atoms with Crippen molar-refractivity contribution in [3.05, 3.63) is 18.2 Å². The Morgan fingerprint density at radius 3 is 2.35 bits per heavy atom. The van der Waals surface area contributed by atoms with E-state index >= 15 is 0 Å². The van der Waals surface area contributed by atoms with Crippen LogP contribution in [0.5, 0.6) is 11.5 Å². The molecular weight excluding hydrogens is 296 g/mol. The molecule has 1 heterocycles. The van der Waals surface area contributed by atoms with Crippen LogP contribution in [0.25, 0.3) is 0 Å². The van der Waals surface area contributed by atoms with Crippen LogP contribution >= 0.6 is 0 Å². The summed E-state index contributed by atoms with van der Waals surface area (Å²) >= 11 is 0. The molecule has 0 saturated carbocycles. The topological polar surface area (TPSA) is 67.9 Å². The van der Waals surface area contributed by atoms with Crippen molar-refractivity contribution in [1.29, 1.82) is 0 Å². The standard InChI is InChI=1S/C17H24N2O4/c1-17(2,16(21)19-9-5-6-10-19)15(20)18-13-8-7-12(22-3)11-14(13)23-4/h7-8,11H,5-6,9-10H2,1-4H3,(H,18,20). The lowest BCUT2D eigenvalue weighted by Crippen LogP contribution is -2.46. The van der Waals surface area contributed by atoms with Crippen molar-refractivity contribution >= 4 is 17.5 Å². The van der Waals surface area contributed by atoms with Gasteiger partial charge in [0.25, 0.3) is 0 Å². The second kappa shape index (κ2) is 6.89. The Morgan fingerprint density at radius 1 is 1.13 bits per heavy atom. The van der Waals surface area contributed by atoms with E-state index in [1.54, 1.807) is 44.1 Å². The lowest BCUT2D eigenvalue weighted by Gasteiger charge is -2.28. The molecule has 1 saturated heterocycles. The number of anilines is 1. The molecule has 0 aromatic heterocycles. The van der Waals surface area contributed by atoms with Crippen molar-refractivity contribution in [3.63, 3.8) is 0 Å². The second-order valence-corrected chi connectivity index (χ2v) is 6.14. The maximum absolute atomic E-state index is 12.6. The highest BCUT2D eigenvalue weighted by atomic mass is 16.5. The number of hydrogen-bond acceptors (Lipinski definition) is 4. The van der Waals surface area contributed by atoms with Crippen LogP contribution < -0.4 is 14.8 Å². The van der Waals surface area contributed by atoms with E-state index in [9.17, 15) is 9.59 Å². The number of benzene rings is 1. The normalized spacial score (nSPS) is 14.5. The molecule has 0 bridgehead atoms. The number of nitrogens with one attached hydrogen (secondary N) is 1. The van der Waals surface area contributed by atoms with E-state index in [2.05, 4.69) is 5.32 Å². The first-order valence-electron chi connectivity index (χ1n) is 7.73. The molecular formula is C17H24N2O4. The van der Waals surface area contributed by atoms with Gasteiger partial charge in [-0.1, -0.05) is 0 Å². The van der Waals surface area contributed by atoms with Gasteiger partial charge in [-0.3, -0.25) is 9.59 Å². The summed E-state index contributed by atoms with van der Waals surface area (Å²) in [5.41, 5.74) is -0.615. The smallest absolute Gasteiger partial charge is 0.239 e. The van der Waals surface area contributed by atoms with Crippen LogP contribution in [0, 0.1) is 5.41 Å². The predicted octanol–water partition coefficient (Wildman–Crippen LogP) is 2.29. The van der Waals surface area contributed by atoms with E-state index in [4.69, 9.17) is 9.47 Å². The molecule has 1 N–H and O–H groups in total. The van der Waals surface area contributed by atoms with Gasteiger partial charge < -0.3 is 19.7 Å². The van der Waals surface area contributed by atoms with Gasteiger partial charge in [-0.05, 0) is 38.8 Å². The van der Waals surface area contributed by atoms with Crippen LogP contribution in [0.1, 0.15) is 26.7 Å². The number of likely N-dealkylation sites (tertiary alicyclic amines) is 1. The first-order valence-corrected chi connectivity index (χ1v) is 7.73. The Hall–Kier alpha value is -2.24. The number of amides is 2. The Morgan fingerprint density at radius 2 is 1.78 bits per heavy atom. The van der Waals surface area contributed by atoms with Gasteiger partial charge in [-0.15, -0.1) is 0 Å². The summed E-state index contributed by atoms with van der Waals surface area (Å²) in [5, 5.41) is 2.79. The van der Waals surface area contributed by atoms with E-state index < -0.39 is 5.41 Å². The summed E-state index contributed by atoms with van der Waals surface area (Å²) < 4.78 is 10.4. The quantitative estimate of drug-likeness (QED) is 0.845. The number of hydrogen-bond donors (Lipinski definition) is 1. The highest BCUT2D eigenvalue weighted by Crippen LogP contribution is 2.31. The average Bonchev–Trinajstić information content (AvgIpc) is 3.08. The lowest BCUT2D eigenvalue weighted by molar-refractivity contribution is -0.145. The van der Waals surface area contributed by atoms with Gasteiger partial charge in [-0.2, -0.15) is 0 Å². The van der Waals surface area contributed by atoms with E-state index in [1.165, 1.54) is 7.11 Å². The third-order valence-corrected chi connectivity index (χ3v) is 4.15. The van der Waals surface area contributed by atoms with Crippen LogP contribution in [0.3, 0.4) is 0 Å². The molecule has 23 heavy (non-hydrogen) atoms. The Labute approximate surface area is 136 Å². The van der Waals surface area contributed by atoms with Crippen LogP contribution in [-0.2, 0) is 9.59 Å². The molecule has 1 aromatic rings. The summed E-state index contributed by atoms with van der Waals surface area (Å²) in [6, 6.07) is 5.12. The molecule has 2 amide bonds.